The van der Waals surface area contributed by atoms with Gasteiger partial charge in [0.05, 0.1) is 24.9 Å². The summed E-state index contributed by atoms with van der Waals surface area (Å²) >= 11 is 0. The zero-order valence-corrected chi connectivity index (χ0v) is 36.0. The highest BCUT2D eigenvalue weighted by Gasteiger charge is 2.41. The minimum Gasteiger partial charge on any atom is -0.339 e. The fraction of sp³-hybridized carbons (Fsp3) is 0.120. The Morgan fingerprint density at radius 2 is 0.544 bits per heavy atom. The number of nitrogens with one attached hydrogen (secondary N) is 4. The maximum Gasteiger partial charge on any atom is 0.272 e. The first-order valence-electron chi connectivity index (χ1n) is 21.3. The first-order chi connectivity index (χ1) is 33.4. The molecule has 0 unspecified atom stereocenters. The number of carbonyl (C=O) groups excluding carboxylic acids is 4. The molecule has 4 atom stereocenters. The number of carbonyl (C=O) groups is 4. The van der Waals surface area contributed by atoms with Crippen LogP contribution in [0.5, 0.6) is 0 Å². The van der Waals surface area contributed by atoms with Gasteiger partial charge in [-0.3, -0.25) is 19.2 Å². The van der Waals surface area contributed by atoms with Gasteiger partial charge in [-0.05, 0) is 95.1 Å². The predicted molar refractivity (Wildman–Crippen MR) is 254 cm³/mol. The topological polar surface area (TPSA) is 209 Å². The Kier molecular flexibility index (Phi) is 13.8. The summed E-state index contributed by atoms with van der Waals surface area (Å²) < 4.78 is 21.8. The first kappa shape index (κ1) is 44.5. The number of rotatable bonds is 2. The molecule has 4 N–H and O–H groups in total. The van der Waals surface area contributed by atoms with E-state index in [1.54, 1.807) is 0 Å². The van der Waals surface area contributed by atoms with Crippen LogP contribution >= 0.6 is 0 Å². The second-order valence-corrected chi connectivity index (χ2v) is 15.2. The molecule has 68 heavy (non-hydrogen) atoms. The van der Waals surface area contributed by atoms with E-state index in [2.05, 4.69) is 42.1 Å². The van der Waals surface area contributed by atoms with Crippen LogP contribution in [-0.2, 0) is 38.1 Å². The van der Waals surface area contributed by atoms with Crippen molar-refractivity contribution in [2.45, 2.75) is 24.4 Å². The van der Waals surface area contributed by atoms with Crippen LogP contribution in [0.15, 0.2) is 178 Å². The van der Waals surface area contributed by atoms with Gasteiger partial charge in [-0.2, -0.15) is 20.4 Å². The summed E-state index contributed by atoms with van der Waals surface area (Å²) in [5.41, 5.74) is 17.7. The molecule has 2 fully saturated rings. The van der Waals surface area contributed by atoms with Crippen molar-refractivity contribution < 1.29 is 38.1 Å². The van der Waals surface area contributed by atoms with E-state index in [-0.39, 0.29) is 13.6 Å². The van der Waals surface area contributed by atoms with Crippen LogP contribution in [0.1, 0.15) is 22.3 Å². The largest absolute Gasteiger partial charge is 0.339 e. The summed E-state index contributed by atoms with van der Waals surface area (Å²) in [5.74, 6) is -2.66. The number of anilines is 6. The molecule has 0 saturated carbocycles. The van der Waals surface area contributed by atoms with Crippen LogP contribution in [-0.4, -0.2) is 86.5 Å². The van der Waals surface area contributed by atoms with E-state index in [1.165, 1.54) is 24.9 Å². The van der Waals surface area contributed by atoms with Crippen LogP contribution in [0.4, 0.5) is 34.1 Å². The molecule has 0 aliphatic carbocycles. The molecule has 9 aliphatic rings. The van der Waals surface area contributed by atoms with E-state index in [0.29, 0.717) is 22.3 Å². The van der Waals surface area contributed by atoms with E-state index in [4.69, 9.17) is 18.9 Å². The summed E-state index contributed by atoms with van der Waals surface area (Å²) in [7, 11) is 0. The second kappa shape index (κ2) is 21.1. The molecule has 0 aromatic heterocycles. The van der Waals surface area contributed by atoms with E-state index in [9.17, 15) is 19.2 Å². The van der Waals surface area contributed by atoms with Crippen molar-refractivity contribution in [1.29, 1.82) is 0 Å². The fourth-order valence-electron chi connectivity index (χ4n) is 7.40. The maximum atomic E-state index is 13.1. The van der Waals surface area contributed by atoms with Gasteiger partial charge in [0.15, 0.2) is 24.4 Å². The molecule has 9 heterocycles. The van der Waals surface area contributed by atoms with E-state index in [0.717, 1.165) is 34.1 Å². The summed E-state index contributed by atoms with van der Waals surface area (Å²) in [6.07, 6.45) is 0.852. The van der Waals surface area contributed by atoms with Crippen LogP contribution < -0.4 is 31.5 Å². The molecule has 0 radical (unpaired) electrons. The fourth-order valence-corrected chi connectivity index (χ4v) is 7.40. The minimum absolute atomic E-state index is 0.266. The van der Waals surface area contributed by atoms with Crippen molar-refractivity contribution >= 4 is 82.6 Å². The number of amides is 4. The number of hydrogen-bond acceptors (Lipinski definition) is 14. The molecule has 6 aromatic rings. The number of hydrazone groups is 4. The van der Waals surface area contributed by atoms with Gasteiger partial charge < -0.3 is 28.7 Å². The quantitative estimate of drug-likeness (QED) is 0.169. The van der Waals surface area contributed by atoms with Gasteiger partial charge in [-0.15, -0.1) is 0 Å². The average molecular weight is 911 g/mol. The van der Waals surface area contributed by atoms with Crippen LogP contribution in [0.2, 0.25) is 0 Å². The van der Waals surface area contributed by atoms with Crippen molar-refractivity contribution in [2.75, 3.05) is 23.4 Å². The molecule has 18 heteroatoms. The smallest absolute Gasteiger partial charge is 0.272 e. The summed E-state index contributed by atoms with van der Waals surface area (Å²) in [6, 6.07) is 49.5. The second-order valence-electron chi connectivity index (χ2n) is 15.2. The third kappa shape index (κ3) is 10.5. The van der Waals surface area contributed by atoms with Crippen LogP contribution in [0.3, 0.4) is 0 Å². The highest BCUT2D eigenvalue weighted by Crippen LogP contribution is 2.36. The lowest BCUT2D eigenvalue weighted by molar-refractivity contribution is -0.137. The van der Waals surface area contributed by atoms with Gasteiger partial charge in [0.25, 0.3) is 23.6 Å². The van der Waals surface area contributed by atoms with Gasteiger partial charge >= 0.3 is 0 Å². The zero-order chi connectivity index (χ0) is 46.7. The molecule has 9 aliphatic heterocycles. The number of para-hydroxylation sites is 2. The number of benzene rings is 6. The van der Waals surface area contributed by atoms with Crippen molar-refractivity contribution in [1.82, 2.24) is 21.7 Å². The van der Waals surface area contributed by atoms with E-state index < -0.39 is 48.0 Å². The summed E-state index contributed by atoms with van der Waals surface area (Å²) in [5, 5.41) is 16.4. The van der Waals surface area contributed by atoms with Gasteiger partial charge in [0.2, 0.25) is 0 Å². The Bertz CT molecular complexity index is 2490. The molecule has 18 nitrogen and oxygen atoms in total. The Labute approximate surface area is 389 Å². The van der Waals surface area contributed by atoms with Crippen LogP contribution in [0.25, 0.3) is 0 Å². The van der Waals surface area contributed by atoms with Gasteiger partial charge in [0.1, 0.15) is 13.6 Å². The lowest BCUT2D eigenvalue weighted by Gasteiger charge is -2.25. The average Bonchev–Trinajstić information content (AvgIpc) is 4.09. The van der Waals surface area contributed by atoms with Gasteiger partial charge in [-0.1, -0.05) is 84.9 Å². The van der Waals surface area contributed by atoms with Crippen molar-refractivity contribution in [3.05, 3.63) is 180 Å². The highest BCUT2D eigenvalue weighted by molar-refractivity contribution is 5.94. The number of hydrogen-bond donors (Lipinski definition) is 4. The third-order valence-corrected chi connectivity index (χ3v) is 10.8. The molecule has 15 rings (SSSR count). The predicted octanol–water partition coefficient (Wildman–Crippen LogP) is 5.62. The van der Waals surface area contributed by atoms with Crippen LogP contribution in [0, 0.1) is 0 Å². The molecule has 2 saturated heterocycles. The molecule has 0 spiro atoms. The SMILES string of the molecule is O=C1NN=Cc2ccc(cc2)N(c2ccccc2)c2ccc(cc2)C=NNC(=O)[C@@H]2OCO[C@H]2C(=O)NN=Cc2ccc(cc2)N(c2ccccc2)c2ccc(cc2)C=NNC(=O)[C@@H]2OCO[C@@H]12. The number of nitrogens with zero attached hydrogens (tertiary/aromatic N) is 6. The standard InChI is InChI=1S/C50H42N10O8/c61-47-43-45(67-31-65-43)49(63)57-53-29-35-15-23-41(24-16-35)60(38-9-5-2-6-10-38)42-25-17-36(18-26-42)30-54-58-50(64)46-44(66-32-68-46)48(62)56-52-28-34-13-21-40(22-14-34)59(37-7-3-1-4-8-37)39-19-11-33(12-20-39)27-51-55-47/h1-30,43-46H,31-32H2,(H,55,61)(H,56,62)(H,57,63)(H,58,64)/t43-,44-,45-,46-/m1/s1. The van der Waals surface area contributed by atoms with E-state index in [1.807, 2.05) is 168 Å². The minimum atomic E-state index is -1.26. The van der Waals surface area contributed by atoms with Crippen molar-refractivity contribution in [3.63, 3.8) is 0 Å². The van der Waals surface area contributed by atoms with Gasteiger partial charge in [-0.25, -0.2) is 21.7 Å². The molecule has 4 amide bonds. The Hall–Kier alpha value is -8.68. The third-order valence-electron chi connectivity index (χ3n) is 10.8. The molecular weight excluding hydrogens is 869 g/mol. The Morgan fingerprint density at radius 3 is 0.779 bits per heavy atom. The lowest BCUT2D eigenvalue weighted by Crippen LogP contribution is -2.45. The maximum absolute atomic E-state index is 13.1. The Morgan fingerprint density at radius 1 is 0.324 bits per heavy atom. The molecule has 340 valence electrons. The molecule has 6 aromatic carbocycles. The lowest BCUT2D eigenvalue weighted by atomic mass is 10.1. The van der Waals surface area contributed by atoms with E-state index >= 15 is 0 Å². The Balaban J connectivity index is 0.962. The first-order valence-corrected chi connectivity index (χ1v) is 21.3. The normalized spacial score (nSPS) is 20.3. The van der Waals surface area contributed by atoms with Crippen molar-refractivity contribution in [3.8, 4) is 0 Å². The van der Waals surface area contributed by atoms with Gasteiger partial charge in [0, 0.05) is 34.1 Å². The monoisotopic (exact) mass is 910 g/mol. The van der Waals surface area contributed by atoms with Crippen molar-refractivity contribution in [2.24, 2.45) is 20.4 Å². The highest BCUT2D eigenvalue weighted by atomic mass is 16.7. The number of ether oxygens (including phenoxy) is 4. The molecule has 8 bridgehead atoms. The summed E-state index contributed by atoms with van der Waals surface area (Å²) in [4.78, 5) is 56.6. The molecular formula is C50H42N10O8. The summed E-state index contributed by atoms with van der Waals surface area (Å²) in [6.45, 7) is -0.532. The zero-order valence-electron chi connectivity index (χ0n) is 36.0.